The molecule has 0 saturated heterocycles. The van der Waals surface area contributed by atoms with E-state index in [0.717, 1.165) is 28.7 Å². The Balaban J connectivity index is 0.000000376. The van der Waals surface area contributed by atoms with Crippen molar-refractivity contribution >= 4 is 32.7 Å². The summed E-state index contributed by atoms with van der Waals surface area (Å²) in [5.74, 6) is -0.906. The van der Waals surface area contributed by atoms with Gasteiger partial charge in [-0.2, -0.15) is 8.42 Å². The SMILES string of the molecule is CS(=O)(=O)O.O=C(O)c1cn(C2=CC3=CCC=CN3C=C2)c2ccccc12. The number of nitrogens with zero attached hydrogens (tertiary/aromatic N) is 2. The molecule has 0 atom stereocenters. The van der Waals surface area contributed by atoms with E-state index in [1.807, 2.05) is 47.3 Å². The van der Waals surface area contributed by atoms with Crippen molar-refractivity contribution in [3.05, 3.63) is 78.4 Å². The first-order valence-corrected chi connectivity index (χ1v) is 9.90. The summed E-state index contributed by atoms with van der Waals surface area (Å²) >= 11 is 0. The molecule has 2 aromatic rings. The molecule has 1 aromatic heterocycles. The Morgan fingerprint density at radius 3 is 2.56 bits per heavy atom. The number of para-hydroxylation sites is 1. The number of benzene rings is 1. The summed E-state index contributed by atoms with van der Waals surface area (Å²) in [5, 5.41) is 10.2. The second kappa shape index (κ2) is 7.26. The molecular weight excluding hydrogens is 368 g/mol. The zero-order valence-corrected chi connectivity index (χ0v) is 15.3. The minimum atomic E-state index is -3.67. The summed E-state index contributed by atoms with van der Waals surface area (Å²) in [5.41, 5.74) is 3.29. The number of aromatic carboxylic acids is 1. The molecule has 140 valence electrons. The quantitative estimate of drug-likeness (QED) is 0.768. The number of rotatable bonds is 2. The van der Waals surface area contributed by atoms with Crippen LogP contribution in [0.3, 0.4) is 0 Å². The fourth-order valence-corrected chi connectivity index (χ4v) is 2.89. The van der Waals surface area contributed by atoms with E-state index in [-0.39, 0.29) is 0 Å². The lowest BCUT2D eigenvalue weighted by molar-refractivity contribution is 0.0699. The molecule has 0 saturated carbocycles. The summed E-state index contributed by atoms with van der Waals surface area (Å²) < 4.78 is 27.8. The lowest BCUT2D eigenvalue weighted by atomic mass is 10.1. The predicted molar refractivity (Wildman–Crippen MR) is 103 cm³/mol. The average Bonchev–Trinajstić information content (AvgIpc) is 3.00. The van der Waals surface area contributed by atoms with E-state index in [9.17, 15) is 18.3 Å². The molecule has 0 radical (unpaired) electrons. The first kappa shape index (κ1) is 18.7. The van der Waals surface area contributed by atoms with Crippen molar-refractivity contribution in [2.75, 3.05) is 6.26 Å². The highest BCUT2D eigenvalue weighted by Crippen LogP contribution is 2.29. The van der Waals surface area contributed by atoms with Gasteiger partial charge >= 0.3 is 5.97 Å². The Bertz CT molecular complexity index is 1110. The maximum Gasteiger partial charge on any atom is 0.337 e. The minimum Gasteiger partial charge on any atom is -0.478 e. The number of carboxylic acid groups (broad SMARTS) is 1. The second-order valence-corrected chi connectivity index (χ2v) is 7.48. The first-order valence-electron chi connectivity index (χ1n) is 8.05. The number of carboxylic acids is 1. The largest absolute Gasteiger partial charge is 0.478 e. The summed E-state index contributed by atoms with van der Waals surface area (Å²) in [6.07, 6.45) is 15.7. The van der Waals surface area contributed by atoms with Crippen LogP contribution in [-0.2, 0) is 10.1 Å². The molecule has 2 aliphatic heterocycles. The first-order chi connectivity index (χ1) is 12.7. The van der Waals surface area contributed by atoms with Crippen LogP contribution in [0.4, 0.5) is 0 Å². The van der Waals surface area contributed by atoms with Gasteiger partial charge in [0.15, 0.2) is 0 Å². The Hall–Kier alpha value is -3.10. The topological polar surface area (TPSA) is 99.8 Å². The molecule has 2 aliphatic rings. The third kappa shape index (κ3) is 4.36. The van der Waals surface area contributed by atoms with Crippen molar-refractivity contribution in [2.45, 2.75) is 6.42 Å². The summed E-state index contributed by atoms with van der Waals surface area (Å²) in [7, 11) is -3.67. The van der Waals surface area contributed by atoms with Gasteiger partial charge in [0.05, 0.1) is 17.3 Å². The van der Waals surface area contributed by atoms with Crippen LogP contribution in [-0.4, -0.2) is 39.8 Å². The van der Waals surface area contributed by atoms with Crippen molar-refractivity contribution in [3.63, 3.8) is 0 Å². The molecular formula is C19H18N2O5S. The minimum absolute atomic E-state index is 0.324. The maximum absolute atomic E-state index is 11.5. The number of hydrogen-bond acceptors (Lipinski definition) is 4. The molecule has 0 bridgehead atoms. The lowest BCUT2D eigenvalue weighted by Gasteiger charge is -2.24. The lowest BCUT2D eigenvalue weighted by Crippen LogP contribution is -2.14. The van der Waals surface area contributed by atoms with E-state index in [4.69, 9.17) is 4.55 Å². The van der Waals surface area contributed by atoms with E-state index >= 15 is 0 Å². The average molecular weight is 386 g/mol. The third-order valence-electron chi connectivity index (χ3n) is 3.95. The highest BCUT2D eigenvalue weighted by atomic mass is 32.2. The van der Waals surface area contributed by atoms with Crippen molar-refractivity contribution in [3.8, 4) is 0 Å². The summed E-state index contributed by atoms with van der Waals surface area (Å²) in [6.45, 7) is 0. The molecule has 0 amide bonds. The van der Waals surface area contributed by atoms with Crippen LogP contribution in [0.5, 0.6) is 0 Å². The highest BCUT2D eigenvalue weighted by molar-refractivity contribution is 7.85. The summed E-state index contributed by atoms with van der Waals surface area (Å²) in [4.78, 5) is 13.5. The maximum atomic E-state index is 11.5. The van der Waals surface area contributed by atoms with Crippen LogP contribution in [0.25, 0.3) is 16.6 Å². The van der Waals surface area contributed by atoms with Crippen LogP contribution in [0.1, 0.15) is 16.8 Å². The van der Waals surface area contributed by atoms with Crippen molar-refractivity contribution in [1.29, 1.82) is 0 Å². The molecule has 3 heterocycles. The molecule has 0 spiro atoms. The van der Waals surface area contributed by atoms with Gasteiger partial charge in [-0.15, -0.1) is 0 Å². The number of allylic oxidation sites excluding steroid dienone is 5. The van der Waals surface area contributed by atoms with Crippen molar-refractivity contribution in [2.24, 2.45) is 0 Å². The van der Waals surface area contributed by atoms with Gasteiger partial charge in [0.2, 0.25) is 0 Å². The Morgan fingerprint density at radius 1 is 1.15 bits per heavy atom. The molecule has 0 fully saturated rings. The molecule has 4 rings (SSSR count). The van der Waals surface area contributed by atoms with E-state index in [0.29, 0.717) is 11.8 Å². The third-order valence-corrected chi connectivity index (χ3v) is 3.95. The van der Waals surface area contributed by atoms with Crippen LogP contribution in [0.2, 0.25) is 0 Å². The zero-order valence-electron chi connectivity index (χ0n) is 14.5. The van der Waals surface area contributed by atoms with Gasteiger partial charge in [-0.1, -0.05) is 30.4 Å². The number of aromatic nitrogens is 1. The molecule has 1 aromatic carbocycles. The highest BCUT2D eigenvalue weighted by Gasteiger charge is 2.17. The predicted octanol–water partition coefficient (Wildman–Crippen LogP) is 3.32. The fraction of sp³-hybridized carbons (Fsp3) is 0.105. The van der Waals surface area contributed by atoms with Gasteiger partial charge in [0.25, 0.3) is 10.1 Å². The Kier molecular flexibility index (Phi) is 5.02. The molecule has 2 N–H and O–H groups in total. The standard InChI is InChI=1S/C18H14N2O2.CH4O3S/c21-18(22)16-12-20(17-7-2-1-6-15(16)17)14-8-10-19-9-4-3-5-13(19)11-14;1-5(2,3)4/h1-2,4-12H,3H2,(H,21,22);1H3,(H,2,3,4). The monoisotopic (exact) mass is 386 g/mol. The zero-order chi connectivity index (χ0) is 19.6. The van der Waals surface area contributed by atoms with Gasteiger partial charge < -0.3 is 14.6 Å². The number of carbonyl (C=O) groups is 1. The van der Waals surface area contributed by atoms with Crippen LogP contribution in [0.15, 0.2) is 72.9 Å². The molecule has 0 aliphatic carbocycles. The molecule has 8 heteroatoms. The Morgan fingerprint density at radius 2 is 1.85 bits per heavy atom. The summed E-state index contributed by atoms with van der Waals surface area (Å²) in [6, 6.07) is 7.57. The van der Waals surface area contributed by atoms with Gasteiger partial charge in [0.1, 0.15) is 0 Å². The van der Waals surface area contributed by atoms with Gasteiger partial charge in [-0.3, -0.25) is 4.55 Å². The van der Waals surface area contributed by atoms with E-state index in [1.165, 1.54) is 0 Å². The Labute approximate surface area is 156 Å². The van der Waals surface area contributed by atoms with Crippen LogP contribution >= 0.6 is 0 Å². The number of hydrogen-bond donors (Lipinski definition) is 2. The normalized spacial score (nSPS) is 15.6. The van der Waals surface area contributed by atoms with E-state index in [2.05, 4.69) is 23.1 Å². The second-order valence-electron chi connectivity index (χ2n) is 6.01. The van der Waals surface area contributed by atoms with Crippen molar-refractivity contribution in [1.82, 2.24) is 9.47 Å². The van der Waals surface area contributed by atoms with Gasteiger partial charge in [-0.05, 0) is 24.6 Å². The fourth-order valence-electron chi connectivity index (χ4n) is 2.89. The van der Waals surface area contributed by atoms with Gasteiger partial charge in [0, 0.05) is 35.4 Å². The molecule has 7 nitrogen and oxygen atoms in total. The van der Waals surface area contributed by atoms with Crippen LogP contribution < -0.4 is 0 Å². The molecule has 0 unspecified atom stereocenters. The van der Waals surface area contributed by atoms with E-state index in [1.54, 1.807) is 6.20 Å². The smallest absolute Gasteiger partial charge is 0.337 e. The van der Waals surface area contributed by atoms with Gasteiger partial charge in [-0.25, -0.2) is 4.79 Å². The van der Waals surface area contributed by atoms with Crippen LogP contribution in [0, 0.1) is 0 Å². The van der Waals surface area contributed by atoms with E-state index < -0.39 is 16.1 Å². The number of fused-ring (bicyclic) bond motifs is 2. The molecule has 27 heavy (non-hydrogen) atoms. The van der Waals surface area contributed by atoms with Crippen molar-refractivity contribution < 1.29 is 22.9 Å².